The standard InChI is InChI=1S/C28H34N2O4/c1-19-5-7-22(8-6-19)9-10-23-13-15-30(16-14-23)28(31)24-11-12-26(27(17-24)32-4)33-18-25-20(2)29-34-21(25)3/h5-8,11-12,17,23H,9-10,13-16,18H2,1-4H3. The van der Waals surface area contributed by atoms with Crippen LogP contribution in [-0.4, -0.2) is 36.2 Å². The van der Waals surface area contributed by atoms with Crippen LogP contribution in [0.5, 0.6) is 11.5 Å². The van der Waals surface area contributed by atoms with E-state index in [2.05, 4.69) is 36.3 Å². The zero-order chi connectivity index (χ0) is 24.1. The van der Waals surface area contributed by atoms with Gasteiger partial charge in [0, 0.05) is 18.7 Å². The second-order valence-corrected chi connectivity index (χ2v) is 9.22. The fourth-order valence-electron chi connectivity index (χ4n) is 4.51. The average molecular weight is 463 g/mol. The van der Waals surface area contributed by atoms with Crippen LogP contribution < -0.4 is 9.47 Å². The quantitative estimate of drug-likeness (QED) is 0.431. The molecule has 1 saturated heterocycles. The molecule has 180 valence electrons. The Balaban J connectivity index is 1.31. The highest BCUT2D eigenvalue weighted by molar-refractivity contribution is 5.95. The smallest absolute Gasteiger partial charge is 0.253 e. The van der Waals surface area contributed by atoms with Crippen molar-refractivity contribution in [3.05, 3.63) is 76.2 Å². The molecule has 0 spiro atoms. The Morgan fingerprint density at radius 1 is 1.06 bits per heavy atom. The number of rotatable bonds is 8. The van der Waals surface area contributed by atoms with Gasteiger partial charge in [0.1, 0.15) is 12.4 Å². The van der Waals surface area contributed by atoms with Gasteiger partial charge in [0.15, 0.2) is 11.5 Å². The minimum atomic E-state index is 0.0487. The highest BCUT2D eigenvalue weighted by atomic mass is 16.5. The molecule has 0 aliphatic carbocycles. The number of amides is 1. The summed E-state index contributed by atoms with van der Waals surface area (Å²) in [6.45, 7) is 7.80. The molecule has 34 heavy (non-hydrogen) atoms. The molecule has 4 rings (SSSR count). The predicted octanol–water partition coefficient (Wildman–Crippen LogP) is 5.67. The zero-order valence-electron chi connectivity index (χ0n) is 20.6. The number of piperidine rings is 1. The van der Waals surface area contributed by atoms with Crippen molar-refractivity contribution in [2.75, 3.05) is 20.2 Å². The highest BCUT2D eigenvalue weighted by Crippen LogP contribution is 2.31. The van der Waals surface area contributed by atoms with Crippen LogP contribution in [0.15, 0.2) is 47.0 Å². The Labute approximate surface area is 201 Å². The second kappa shape index (κ2) is 10.8. The first-order valence-electron chi connectivity index (χ1n) is 12.0. The van der Waals surface area contributed by atoms with Crippen molar-refractivity contribution in [2.24, 2.45) is 5.92 Å². The number of aryl methyl sites for hydroxylation is 4. The summed E-state index contributed by atoms with van der Waals surface area (Å²) >= 11 is 0. The van der Waals surface area contributed by atoms with Crippen LogP contribution in [0.25, 0.3) is 0 Å². The summed E-state index contributed by atoms with van der Waals surface area (Å²) in [7, 11) is 1.59. The third-order valence-corrected chi connectivity index (χ3v) is 6.83. The van der Waals surface area contributed by atoms with Gasteiger partial charge in [-0.15, -0.1) is 0 Å². The number of methoxy groups -OCH3 is 1. The van der Waals surface area contributed by atoms with Gasteiger partial charge in [-0.1, -0.05) is 35.0 Å². The van der Waals surface area contributed by atoms with Gasteiger partial charge >= 0.3 is 0 Å². The normalized spacial score (nSPS) is 14.3. The molecule has 2 heterocycles. The van der Waals surface area contributed by atoms with E-state index in [1.165, 1.54) is 17.5 Å². The molecule has 0 bridgehead atoms. The number of hydrogen-bond donors (Lipinski definition) is 0. The number of likely N-dealkylation sites (tertiary alicyclic amines) is 1. The Bertz CT molecular complexity index is 1090. The van der Waals surface area contributed by atoms with Gasteiger partial charge in [0.2, 0.25) is 0 Å². The summed E-state index contributed by atoms with van der Waals surface area (Å²) in [5.41, 5.74) is 5.05. The van der Waals surface area contributed by atoms with Crippen LogP contribution in [0.1, 0.15) is 57.8 Å². The van der Waals surface area contributed by atoms with Gasteiger partial charge in [-0.25, -0.2) is 0 Å². The molecule has 0 saturated carbocycles. The first-order valence-corrected chi connectivity index (χ1v) is 12.0. The Morgan fingerprint density at radius 2 is 1.79 bits per heavy atom. The Kier molecular flexibility index (Phi) is 7.56. The van der Waals surface area contributed by atoms with E-state index in [1.807, 2.05) is 24.8 Å². The largest absolute Gasteiger partial charge is 0.493 e. The van der Waals surface area contributed by atoms with Crippen molar-refractivity contribution < 1.29 is 18.8 Å². The lowest BCUT2D eigenvalue weighted by atomic mass is 9.90. The van der Waals surface area contributed by atoms with Gasteiger partial charge in [-0.05, 0) is 76.1 Å². The molecule has 0 atom stereocenters. The summed E-state index contributed by atoms with van der Waals surface area (Å²) in [5.74, 6) is 2.59. The SMILES string of the molecule is COc1cc(C(=O)N2CCC(CCc3ccc(C)cc3)CC2)ccc1OCc1c(C)noc1C. The number of carbonyl (C=O) groups is 1. The second-order valence-electron chi connectivity index (χ2n) is 9.22. The van der Waals surface area contributed by atoms with Crippen molar-refractivity contribution in [1.82, 2.24) is 10.1 Å². The van der Waals surface area contributed by atoms with Crippen LogP contribution in [-0.2, 0) is 13.0 Å². The lowest BCUT2D eigenvalue weighted by molar-refractivity contribution is 0.0686. The van der Waals surface area contributed by atoms with E-state index in [1.54, 1.807) is 19.2 Å². The van der Waals surface area contributed by atoms with Crippen molar-refractivity contribution in [2.45, 2.75) is 53.1 Å². The molecule has 6 heteroatoms. The first-order chi connectivity index (χ1) is 16.4. The maximum absolute atomic E-state index is 13.1. The molecule has 0 N–H and O–H groups in total. The topological polar surface area (TPSA) is 64.8 Å². The molecular formula is C28H34N2O4. The first kappa shape index (κ1) is 23.9. The maximum Gasteiger partial charge on any atom is 0.253 e. The van der Waals surface area contributed by atoms with Gasteiger partial charge in [0.25, 0.3) is 5.91 Å². The van der Waals surface area contributed by atoms with Crippen molar-refractivity contribution in [1.29, 1.82) is 0 Å². The highest BCUT2D eigenvalue weighted by Gasteiger charge is 2.24. The maximum atomic E-state index is 13.1. The molecule has 3 aromatic rings. The number of carbonyl (C=O) groups excluding carboxylic acids is 1. The van der Waals surface area contributed by atoms with Crippen molar-refractivity contribution in [3.8, 4) is 11.5 Å². The lowest BCUT2D eigenvalue weighted by Gasteiger charge is -2.32. The van der Waals surface area contributed by atoms with Crippen LogP contribution in [0.2, 0.25) is 0 Å². The predicted molar refractivity (Wildman–Crippen MR) is 131 cm³/mol. The molecule has 0 radical (unpaired) electrons. The van der Waals surface area contributed by atoms with Gasteiger partial charge < -0.3 is 18.9 Å². The molecule has 6 nitrogen and oxygen atoms in total. The third kappa shape index (κ3) is 5.61. The van der Waals surface area contributed by atoms with Crippen LogP contribution in [0, 0.1) is 26.7 Å². The number of nitrogens with zero attached hydrogens (tertiary/aromatic N) is 2. The van der Waals surface area contributed by atoms with Crippen LogP contribution in [0.3, 0.4) is 0 Å². The molecule has 1 aliphatic heterocycles. The molecular weight excluding hydrogens is 428 g/mol. The third-order valence-electron chi connectivity index (χ3n) is 6.83. The summed E-state index contributed by atoms with van der Waals surface area (Å²) in [6.07, 6.45) is 4.38. The monoisotopic (exact) mass is 462 g/mol. The van der Waals surface area contributed by atoms with Gasteiger partial charge in [0.05, 0.1) is 18.4 Å². The van der Waals surface area contributed by atoms with Crippen LogP contribution >= 0.6 is 0 Å². The fraction of sp³-hybridized carbons (Fsp3) is 0.429. The van der Waals surface area contributed by atoms with E-state index < -0.39 is 0 Å². The van der Waals surface area contributed by atoms with Gasteiger partial charge in [-0.3, -0.25) is 4.79 Å². The van der Waals surface area contributed by atoms with E-state index in [0.29, 0.717) is 29.6 Å². The van der Waals surface area contributed by atoms with E-state index in [0.717, 1.165) is 49.4 Å². The Hall–Kier alpha value is -3.28. The zero-order valence-corrected chi connectivity index (χ0v) is 20.6. The van der Waals surface area contributed by atoms with E-state index in [-0.39, 0.29) is 5.91 Å². The summed E-state index contributed by atoms with van der Waals surface area (Å²) in [4.78, 5) is 15.1. The minimum absolute atomic E-state index is 0.0487. The molecule has 1 amide bonds. The van der Waals surface area contributed by atoms with Crippen LogP contribution in [0.4, 0.5) is 0 Å². The summed E-state index contributed by atoms with van der Waals surface area (Å²) in [5, 5.41) is 3.96. The minimum Gasteiger partial charge on any atom is -0.493 e. The molecule has 1 aromatic heterocycles. The number of aromatic nitrogens is 1. The van der Waals surface area contributed by atoms with Crippen molar-refractivity contribution >= 4 is 5.91 Å². The Morgan fingerprint density at radius 3 is 2.44 bits per heavy atom. The average Bonchev–Trinajstić information content (AvgIpc) is 3.19. The number of benzene rings is 2. The van der Waals surface area contributed by atoms with Gasteiger partial charge in [-0.2, -0.15) is 0 Å². The summed E-state index contributed by atoms with van der Waals surface area (Å²) < 4.78 is 16.7. The lowest BCUT2D eigenvalue weighted by Crippen LogP contribution is -2.38. The fourth-order valence-corrected chi connectivity index (χ4v) is 4.51. The number of ether oxygens (including phenoxy) is 2. The molecule has 0 unspecified atom stereocenters. The van der Waals surface area contributed by atoms with Crippen molar-refractivity contribution in [3.63, 3.8) is 0 Å². The number of hydrogen-bond acceptors (Lipinski definition) is 5. The van der Waals surface area contributed by atoms with E-state index in [9.17, 15) is 4.79 Å². The summed E-state index contributed by atoms with van der Waals surface area (Å²) in [6, 6.07) is 14.2. The molecule has 1 fully saturated rings. The van der Waals surface area contributed by atoms with E-state index in [4.69, 9.17) is 14.0 Å². The van der Waals surface area contributed by atoms with E-state index >= 15 is 0 Å². The molecule has 1 aliphatic rings. The molecule has 2 aromatic carbocycles.